The predicted molar refractivity (Wildman–Crippen MR) is 53.5 cm³/mol. The third-order valence-electron chi connectivity index (χ3n) is 1.76. The van der Waals surface area contributed by atoms with Crippen molar-refractivity contribution in [3.05, 3.63) is 29.8 Å². The molecule has 0 fully saturated rings. The van der Waals surface area contributed by atoms with Gasteiger partial charge in [0.1, 0.15) is 0 Å². The summed E-state index contributed by atoms with van der Waals surface area (Å²) in [7, 11) is -3.12. The van der Waals surface area contributed by atoms with Crippen molar-refractivity contribution < 1.29 is 13.6 Å². The Kier molecular flexibility index (Phi) is 3.24. The second kappa shape index (κ2) is 4.23. The van der Waals surface area contributed by atoms with Crippen LogP contribution in [0.25, 0.3) is 0 Å². The van der Waals surface area contributed by atoms with E-state index in [1.807, 2.05) is 0 Å². The summed E-state index contributed by atoms with van der Waals surface area (Å²) in [6, 6.07) is 6.46. The first-order valence-electron chi connectivity index (χ1n) is 3.99. The lowest BCUT2D eigenvalue weighted by molar-refractivity contribution is 0.321. The van der Waals surface area contributed by atoms with Crippen molar-refractivity contribution in [3.63, 3.8) is 0 Å². The number of nitrogens with zero attached hydrogens (tertiary/aromatic N) is 1. The van der Waals surface area contributed by atoms with Crippen molar-refractivity contribution in [1.29, 1.82) is 0 Å². The lowest BCUT2D eigenvalue weighted by atomic mass is 10.2. The normalized spacial score (nSPS) is 12.1. The highest BCUT2D eigenvalue weighted by atomic mass is 32.2. The van der Waals surface area contributed by atoms with Crippen LogP contribution in [0.4, 0.5) is 0 Å². The summed E-state index contributed by atoms with van der Waals surface area (Å²) < 4.78 is 22.2. The van der Waals surface area contributed by atoms with E-state index in [-0.39, 0.29) is 0 Å². The molecule has 0 bridgehead atoms. The van der Waals surface area contributed by atoms with Crippen LogP contribution in [0.1, 0.15) is 5.56 Å². The number of oxime groups is 1. The van der Waals surface area contributed by atoms with E-state index in [4.69, 9.17) is 5.21 Å². The van der Waals surface area contributed by atoms with Gasteiger partial charge in [0.15, 0.2) is 9.84 Å². The first-order chi connectivity index (χ1) is 6.54. The third-order valence-corrected chi connectivity index (χ3v) is 2.89. The molecule has 0 radical (unpaired) electrons. The molecule has 0 unspecified atom stereocenters. The summed E-state index contributed by atoms with van der Waals surface area (Å²) in [5.41, 5.74) is 0.898. The Morgan fingerprint density at radius 2 is 1.93 bits per heavy atom. The van der Waals surface area contributed by atoms with Crippen LogP contribution in [0.5, 0.6) is 0 Å². The molecule has 0 amide bonds. The maximum Gasteiger partial charge on any atom is 0.175 e. The molecule has 0 atom stereocenters. The summed E-state index contributed by atoms with van der Waals surface area (Å²) in [6.45, 7) is 0. The Labute approximate surface area is 82.8 Å². The lowest BCUT2D eigenvalue weighted by Gasteiger charge is -1.99. The molecule has 0 saturated heterocycles. The average Bonchev–Trinajstić information content (AvgIpc) is 2.14. The van der Waals surface area contributed by atoms with Gasteiger partial charge in [0.05, 0.1) is 4.90 Å². The fraction of sp³-hybridized carbons (Fsp3) is 0.222. The highest BCUT2D eigenvalue weighted by Crippen LogP contribution is 2.10. The zero-order chi connectivity index (χ0) is 10.6. The van der Waals surface area contributed by atoms with Gasteiger partial charge in [0, 0.05) is 18.9 Å². The van der Waals surface area contributed by atoms with E-state index >= 15 is 0 Å². The highest BCUT2D eigenvalue weighted by molar-refractivity contribution is 7.90. The van der Waals surface area contributed by atoms with E-state index in [1.54, 1.807) is 12.1 Å². The quantitative estimate of drug-likeness (QED) is 0.464. The van der Waals surface area contributed by atoms with Crippen LogP contribution in [-0.4, -0.2) is 26.1 Å². The molecule has 0 heterocycles. The molecule has 76 valence electrons. The highest BCUT2D eigenvalue weighted by Gasteiger charge is 2.05. The Hall–Kier alpha value is -1.36. The van der Waals surface area contributed by atoms with Gasteiger partial charge >= 0.3 is 0 Å². The maximum atomic E-state index is 11.1. The molecule has 1 aromatic carbocycles. The summed E-state index contributed by atoms with van der Waals surface area (Å²) >= 11 is 0. The monoisotopic (exact) mass is 213 g/mol. The topological polar surface area (TPSA) is 66.7 Å². The van der Waals surface area contributed by atoms with Crippen molar-refractivity contribution in [2.75, 3.05) is 6.26 Å². The van der Waals surface area contributed by atoms with E-state index in [2.05, 4.69) is 5.16 Å². The predicted octanol–water partition coefficient (Wildman–Crippen LogP) is 1.09. The van der Waals surface area contributed by atoms with Gasteiger partial charge in [-0.3, -0.25) is 0 Å². The smallest absolute Gasteiger partial charge is 0.175 e. The van der Waals surface area contributed by atoms with E-state index in [1.165, 1.54) is 18.3 Å². The van der Waals surface area contributed by atoms with Crippen molar-refractivity contribution in [2.45, 2.75) is 11.3 Å². The average molecular weight is 213 g/mol. The fourth-order valence-electron chi connectivity index (χ4n) is 1.02. The SMILES string of the molecule is CS(=O)(=O)c1ccc(CC=NO)cc1. The minimum Gasteiger partial charge on any atom is -0.411 e. The zero-order valence-corrected chi connectivity index (χ0v) is 8.53. The Balaban J connectivity index is 2.89. The summed E-state index contributed by atoms with van der Waals surface area (Å²) in [6.07, 6.45) is 2.99. The van der Waals surface area contributed by atoms with Crippen molar-refractivity contribution in [2.24, 2.45) is 5.16 Å². The van der Waals surface area contributed by atoms with Gasteiger partial charge in [-0.15, -0.1) is 5.16 Å². The molecule has 0 aromatic heterocycles. The summed E-state index contributed by atoms with van der Waals surface area (Å²) in [4.78, 5) is 0.294. The molecule has 0 saturated carbocycles. The molecule has 4 nitrogen and oxygen atoms in total. The van der Waals surface area contributed by atoms with Crippen LogP contribution in [0.3, 0.4) is 0 Å². The van der Waals surface area contributed by atoms with Crippen LogP contribution in [0.15, 0.2) is 34.3 Å². The molecule has 0 aliphatic heterocycles. The Morgan fingerprint density at radius 1 is 1.36 bits per heavy atom. The van der Waals surface area contributed by atoms with Crippen LogP contribution in [0, 0.1) is 0 Å². The van der Waals surface area contributed by atoms with Crippen LogP contribution in [-0.2, 0) is 16.3 Å². The summed E-state index contributed by atoms with van der Waals surface area (Å²) in [5, 5.41) is 11.0. The van der Waals surface area contributed by atoms with E-state index in [0.29, 0.717) is 11.3 Å². The number of hydrogen-bond acceptors (Lipinski definition) is 4. The number of rotatable bonds is 3. The van der Waals surface area contributed by atoms with Gasteiger partial charge in [0.25, 0.3) is 0 Å². The first kappa shape index (κ1) is 10.7. The zero-order valence-electron chi connectivity index (χ0n) is 7.71. The minimum atomic E-state index is -3.12. The fourth-order valence-corrected chi connectivity index (χ4v) is 1.65. The van der Waals surface area contributed by atoms with Gasteiger partial charge in [-0.2, -0.15) is 0 Å². The van der Waals surface area contributed by atoms with Gasteiger partial charge < -0.3 is 5.21 Å². The van der Waals surface area contributed by atoms with Crippen LogP contribution in [0.2, 0.25) is 0 Å². The standard InChI is InChI=1S/C9H11NO3S/c1-14(12,13)9-4-2-8(3-5-9)6-7-10-11/h2-5,7,11H,6H2,1H3. The van der Waals surface area contributed by atoms with Gasteiger partial charge in [-0.25, -0.2) is 8.42 Å². The maximum absolute atomic E-state index is 11.1. The Bertz CT molecular complexity index is 420. The minimum absolute atomic E-state index is 0.294. The summed E-state index contributed by atoms with van der Waals surface area (Å²) in [5.74, 6) is 0. The second-order valence-electron chi connectivity index (χ2n) is 2.92. The molecule has 0 aliphatic rings. The van der Waals surface area contributed by atoms with Crippen LogP contribution >= 0.6 is 0 Å². The second-order valence-corrected chi connectivity index (χ2v) is 4.93. The number of hydrogen-bond donors (Lipinski definition) is 1. The van der Waals surface area contributed by atoms with E-state index in [9.17, 15) is 8.42 Å². The van der Waals surface area contributed by atoms with E-state index < -0.39 is 9.84 Å². The molecule has 0 spiro atoms. The molecule has 14 heavy (non-hydrogen) atoms. The third kappa shape index (κ3) is 2.85. The number of benzene rings is 1. The molecular formula is C9H11NO3S. The van der Waals surface area contributed by atoms with Gasteiger partial charge in [-0.05, 0) is 17.7 Å². The lowest BCUT2D eigenvalue weighted by Crippen LogP contribution is -1.97. The van der Waals surface area contributed by atoms with Crippen LogP contribution < -0.4 is 0 Å². The van der Waals surface area contributed by atoms with Gasteiger partial charge in [0.2, 0.25) is 0 Å². The van der Waals surface area contributed by atoms with Crippen molar-refractivity contribution >= 4 is 16.1 Å². The largest absolute Gasteiger partial charge is 0.411 e. The molecule has 0 aliphatic carbocycles. The molecular weight excluding hydrogens is 202 g/mol. The molecule has 1 rings (SSSR count). The Morgan fingerprint density at radius 3 is 2.36 bits per heavy atom. The molecule has 1 aromatic rings. The number of sulfone groups is 1. The first-order valence-corrected chi connectivity index (χ1v) is 5.88. The van der Waals surface area contributed by atoms with E-state index in [0.717, 1.165) is 11.8 Å². The van der Waals surface area contributed by atoms with Crippen molar-refractivity contribution in [3.8, 4) is 0 Å². The molecule has 5 heteroatoms. The van der Waals surface area contributed by atoms with Gasteiger partial charge in [-0.1, -0.05) is 12.1 Å². The molecule has 1 N–H and O–H groups in total. The van der Waals surface area contributed by atoms with Crippen molar-refractivity contribution in [1.82, 2.24) is 0 Å².